The van der Waals surface area contributed by atoms with Crippen LogP contribution in [0.25, 0.3) is 0 Å². The highest BCUT2D eigenvalue weighted by atomic mass is 32.2. The van der Waals surface area contributed by atoms with Gasteiger partial charge in [0.05, 0.1) is 11.4 Å². The first-order chi connectivity index (χ1) is 13.2. The zero-order valence-electron chi connectivity index (χ0n) is 16.7. The van der Waals surface area contributed by atoms with Crippen molar-refractivity contribution in [1.82, 2.24) is 0 Å². The van der Waals surface area contributed by atoms with E-state index in [-0.39, 0.29) is 0 Å². The summed E-state index contributed by atoms with van der Waals surface area (Å²) in [5.41, 5.74) is 3.96. The van der Waals surface area contributed by atoms with Crippen LogP contribution in [-0.2, 0) is 0 Å². The molecule has 1 heterocycles. The lowest BCUT2D eigenvalue weighted by atomic mass is 9.48. The van der Waals surface area contributed by atoms with Gasteiger partial charge >= 0.3 is 0 Å². The van der Waals surface area contributed by atoms with E-state index in [1.54, 1.807) is 0 Å². The van der Waals surface area contributed by atoms with E-state index in [4.69, 9.17) is 10.2 Å². The highest BCUT2D eigenvalue weighted by Crippen LogP contribution is 2.62. The molecule has 3 heteroatoms. The van der Waals surface area contributed by atoms with Crippen LogP contribution < -0.4 is 0 Å². The second kappa shape index (κ2) is 5.64. The van der Waals surface area contributed by atoms with Crippen LogP contribution in [0.15, 0.2) is 10.2 Å². The average Bonchev–Trinajstić information content (AvgIpc) is 2.86. The van der Waals surface area contributed by atoms with Crippen LogP contribution in [0.5, 0.6) is 0 Å². The average molecular weight is 383 g/mol. The summed E-state index contributed by atoms with van der Waals surface area (Å²) in [6.45, 7) is 0. The third-order valence-corrected chi connectivity index (χ3v) is 11.0. The molecule has 1 aliphatic heterocycles. The van der Waals surface area contributed by atoms with Crippen molar-refractivity contribution >= 4 is 23.2 Å². The van der Waals surface area contributed by atoms with Crippen molar-refractivity contribution in [2.45, 2.75) is 77.0 Å². The lowest BCUT2D eigenvalue weighted by molar-refractivity contribution is -0.0133. The van der Waals surface area contributed by atoms with Crippen LogP contribution in [-0.4, -0.2) is 22.9 Å². The minimum atomic E-state index is 0.460. The van der Waals surface area contributed by atoms with Gasteiger partial charge < -0.3 is 0 Å². The van der Waals surface area contributed by atoms with E-state index >= 15 is 0 Å². The normalized spacial score (nSPS) is 55.4. The van der Waals surface area contributed by atoms with E-state index in [1.165, 1.54) is 100.0 Å². The van der Waals surface area contributed by atoms with Crippen LogP contribution >= 0.6 is 11.8 Å². The van der Waals surface area contributed by atoms with Gasteiger partial charge in [0.2, 0.25) is 0 Å². The zero-order valence-corrected chi connectivity index (χ0v) is 17.5. The second-order valence-electron chi connectivity index (χ2n) is 12.0. The highest BCUT2D eigenvalue weighted by molar-refractivity contribution is 8.00. The molecule has 9 rings (SSSR count). The minimum Gasteiger partial charge on any atom is -0.159 e. The lowest BCUT2D eigenvalue weighted by Gasteiger charge is -2.57. The summed E-state index contributed by atoms with van der Waals surface area (Å²) < 4.78 is 0. The Kier molecular flexibility index (Phi) is 3.44. The molecule has 0 aromatic heterocycles. The lowest BCUT2D eigenvalue weighted by Crippen LogP contribution is -2.50. The SMILES string of the molecule is C1SCC(C23CC4CC(CC(C4)C2)C3)=NN=C1C12CC3CC(CC(C3)C1)C2. The Bertz CT molecular complexity index is 589. The molecule has 8 aliphatic carbocycles. The Balaban J connectivity index is 1.21. The number of rotatable bonds is 2. The summed E-state index contributed by atoms with van der Waals surface area (Å²) in [6.07, 6.45) is 17.8. The summed E-state index contributed by atoms with van der Waals surface area (Å²) in [5, 5.41) is 10.3. The molecule has 146 valence electrons. The van der Waals surface area contributed by atoms with Gasteiger partial charge in [-0.15, -0.1) is 11.8 Å². The van der Waals surface area contributed by atoms with Gasteiger partial charge in [-0.2, -0.15) is 10.2 Å². The van der Waals surface area contributed by atoms with Gasteiger partial charge in [-0.1, -0.05) is 0 Å². The fourth-order valence-corrected chi connectivity index (χ4v) is 11.1. The van der Waals surface area contributed by atoms with Gasteiger partial charge in [0.15, 0.2) is 0 Å². The molecule has 0 aromatic carbocycles. The minimum absolute atomic E-state index is 0.460. The molecule has 0 unspecified atom stereocenters. The summed E-state index contributed by atoms with van der Waals surface area (Å²) in [5.74, 6) is 8.42. The van der Waals surface area contributed by atoms with Crippen LogP contribution in [0.1, 0.15) is 77.0 Å². The van der Waals surface area contributed by atoms with E-state index in [0.717, 1.165) is 35.5 Å². The highest BCUT2D eigenvalue weighted by Gasteiger charge is 2.55. The molecule has 0 amide bonds. The topological polar surface area (TPSA) is 24.7 Å². The first-order valence-electron chi connectivity index (χ1n) is 11.9. The quantitative estimate of drug-likeness (QED) is 0.578. The standard InChI is InChI=1S/C24H34N2S/c1-15-2-17-3-16(1)8-23(7-15,9-17)21-13-27-14-22(26-25-21)24-10-18-4-19(11-24)6-20(5-18)12-24/h15-20H,1-14H2. The molecule has 8 saturated carbocycles. The van der Waals surface area contributed by atoms with Crippen LogP contribution in [0.3, 0.4) is 0 Å². The van der Waals surface area contributed by atoms with Crippen molar-refractivity contribution in [3.63, 3.8) is 0 Å². The summed E-state index contributed by atoms with van der Waals surface area (Å²) in [4.78, 5) is 0. The Morgan fingerprint density at radius 1 is 0.519 bits per heavy atom. The maximum absolute atomic E-state index is 5.14. The van der Waals surface area contributed by atoms with Crippen molar-refractivity contribution < 1.29 is 0 Å². The second-order valence-corrected chi connectivity index (χ2v) is 13.0. The molecule has 27 heavy (non-hydrogen) atoms. The molecule has 0 atom stereocenters. The Morgan fingerprint density at radius 2 is 0.815 bits per heavy atom. The van der Waals surface area contributed by atoms with Gasteiger partial charge in [-0.25, -0.2) is 0 Å². The van der Waals surface area contributed by atoms with Crippen LogP contribution in [0.4, 0.5) is 0 Å². The predicted molar refractivity (Wildman–Crippen MR) is 113 cm³/mol. The molecule has 2 nitrogen and oxygen atoms in total. The van der Waals surface area contributed by atoms with Crippen molar-refractivity contribution in [1.29, 1.82) is 0 Å². The van der Waals surface area contributed by atoms with E-state index < -0.39 is 0 Å². The Labute approximate surface area is 168 Å². The third-order valence-electron chi connectivity index (χ3n) is 10.1. The molecule has 0 aromatic rings. The van der Waals surface area contributed by atoms with Crippen molar-refractivity contribution in [3.05, 3.63) is 0 Å². The first-order valence-corrected chi connectivity index (χ1v) is 13.1. The molecular weight excluding hydrogens is 348 g/mol. The Hall–Kier alpha value is -0.310. The van der Waals surface area contributed by atoms with Gasteiger partial charge in [-0.05, 0) is 113 Å². The smallest absolute Gasteiger partial charge is 0.0566 e. The monoisotopic (exact) mass is 382 g/mol. The predicted octanol–water partition coefficient (Wildman–Crippen LogP) is 5.96. The van der Waals surface area contributed by atoms with E-state index in [2.05, 4.69) is 11.8 Å². The molecule has 8 bridgehead atoms. The number of thioether (sulfide) groups is 1. The van der Waals surface area contributed by atoms with Crippen LogP contribution in [0.2, 0.25) is 0 Å². The molecule has 9 aliphatic rings. The number of hydrogen-bond acceptors (Lipinski definition) is 3. The third kappa shape index (κ3) is 2.45. The van der Waals surface area contributed by atoms with E-state index in [0.29, 0.717) is 10.8 Å². The fourth-order valence-electron chi connectivity index (χ4n) is 9.87. The number of hydrogen-bond donors (Lipinski definition) is 0. The fraction of sp³-hybridized carbons (Fsp3) is 0.917. The Morgan fingerprint density at radius 3 is 1.11 bits per heavy atom. The molecule has 0 N–H and O–H groups in total. The maximum atomic E-state index is 5.14. The van der Waals surface area contributed by atoms with Gasteiger partial charge in [0.25, 0.3) is 0 Å². The molecule has 0 radical (unpaired) electrons. The van der Waals surface area contributed by atoms with E-state index in [9.17, 15) is 0 Å². The molecule has 0 spiro atoms. The summed E-state index contributed by atoms with van der Waals surface area (Å²) in [7, 11) is 0. The summed E-state index contributed by atoms with van der Waals surface area (Å²) >= 11 is 2.17. The maximum Gasteiger partial charge on any atom is 0.0566 e. The first kappa shape index (κ1) is 16.5. The largest absolute Gasteiger partial charge is 0.159 e. The van der Waals surface area contributed by atoms with Crippen molar-refractivity contribution in [2.75, 3.05) is 11.5 Å². The zero-order chi connectivity index (χ0) is 17.6. The summed E-state index contributed by atoms with van der Waals surface area (Å²) in [6, 6.07) is 0. The van der Waals surface area contributed by atoms with Gasteiger partial charge in [-0.3, -0.25) is 0 Å². The van der Waals surface area contributed by atoms with Gasteiger partial charge in [0, 0.05) is 22.3 Å². The van der Waals surface area contributed by atoms with Crippen molar-refractivity contribution in [2.24, 2.45) is 56.5 Å². The van der Waals surface area contributed by atoms with E-state index in [1.807, 2.05) is 0 Å². The molecule has 0 saturated heterocycles. The van der Waals surface area contributed by atoms with Crippen LogP contribution in [0, 0.1) is 46.3 Å². The van der Waals surface area contributed by atoms with Gasteiger partial charge in [0.1, 0.15) is 0 Å². The molecular formula is C24H34N2S. The molecule has 8 fully saturated rings. The number of nitrogens with zero attached hydrogens (tertiary/aromatic N) is 2. The van der Waals surface area contributed by atoms with Crippen molar-refractivity contribution in [3.8, 4) is 0 Å².